The molecule has 0 spiro atoms. The van der Waals surface area contributed by atoms with Crippen LogP contribution in [0.2, 0.25) is 0 Å². The van der Waals surface area contributed by atoms with Crippen molar-refractivity contribution in [3.05, 3.63) is 95.8 Å². The molecule has 4 rings (SSSR count). The predicted octanol–water partition coefficient (Wildman–Crippen LogP) is 5.19. The van der Waals surface area contributed by atoms with Crippen molar-refractivity contribution in [2.24, 2.45) is 0 Å². The zero-order valence-corrected chi connectivity index (χ0v) is 16.5. The van der Waals surface area contributed by atoms with Crippen molar-refractivity contribution in [1.82, 2.24) is 14.8 Å². The third kappa shape index (κ3) is 3.81. The summed E-state index contributed by atoms with van der Waals surface area (Å²) in [6, 6.07) is 25.1. The number of hydrogen-bond donors (Lipinski definition) is 0. The molecule has 0 aliphatic heterocycles. The van der Waals surface area contributed by atoms with Gasteiger partial charge in [-0.25, -0.2) is 9.67 Å². The molecule has 0 saturated carbocycles. The zero-order valence-electron chi connectivity index (χ0n) is 16.5. The van der Waals surface area contributed by atoms with Gasteiger partial charge in [0.05, 0.1) is 17.1 Å². The minimum absolute atomic E-state index is 0.813. The molecule has 0 saturated heterocycles. The number of pyridine rings is 1. The lowest BCUT2D eigenvalue weighted by Crippen LogP contribution is -2.17. The number of hydrogen-bond acceptors (Lipinski definition) is 3. The first kappa shape index (κ1) is 18.0. The Morgan fingerprint density at radius 2 is 1.71 bits per heavy atom. The van der Waals surface area contributed by atoms with Gasteiger partial charge in [0.1, 0.15) is 5.82 Å². The van der Waals surface area contributed by atoms with Gasteiger partial charge >= 0.3 is 0 Å². The normalized spacial score (nSPS) is 10.8. The molecule has 0 aliphatic rings. The fourth-order valence-corrected chi connectivity index (χ4v) is 3.39. The predicted molar refractivity (Wildman–Crippen MR) is 115 cm³/mol. The fourth-order valence-electron chi connectivity index (χ4n) is 3.39. The van der Waals surface area contributed by atoms with Gasteiger partial charge in [0.2, 0.25) is 0 Å². The first-order valence-electron chi connectivity index (χ1n) is 9.45. The summed E-state index contributed by atoms with van der Waals surface area (Å²) in [6.45, 7) is 4.94. The second-order valence-electron chi connectivity index (χ2n) is 7.17. The van der Waals surface area contributed by atoms with E-state index >= 15 is 0 Å². The molecular weight excluding hydrogens is 344 g/mol. The zero-order chi connectivity index (χ0) is 19.5. The van der Waals surface area contributed by atoms with E-state index in [9.17, 15) is 0 Å². The molecule has 0 atom stereocenters. The molecule has 0 aliphatic carbocycles. The summed E-state index contributed by atoms with van der Waals surface area (Å²) in [5.41, 5.74) is 6.71. The highest BCUT2D eigenvalue weighted by atomic mass is 15.3. The Balaban J connectivity index is 1.69. The third-order valence-electron chi connectivity index (χ3n) is 4.77. The Labute approximate surface area is 166 Å². The summed E-state index contributed by atoms with van der Waals surface area (Å²) in [5.74, 6) is 0.941. The van der Waals surface area contributed by atoms with Crippen molar-refractivity contribution >= 4 is 5.82 Å². The standard InChI is InChI=1S/C24H24N4/c1-18-8-7-11-22(14-18)28-23(15-19(2)26-28)21-12-13-25-24(16-21)27(3)17-20-9-5-4-6-10-20/h4-16H,17H2,1-3H3. The van der Waals surface area contributed by atoms with Gasteiger partial charge in [0.25, 0.3) is 0 Å². The Kier molecular flexibility index (Phi) is 4.94. The van der Waals surface area contributed by atoms with E-state index in [1.807, 2.05) is 29.9 Å². The monoisotopic (exact) mass is 368 g/mol. The maximum atomic E-state index is 4.72. The first-order chi connectivity index (χ1) is 13.6. The lowest BCUT2D eigenvalue weighted by Gasteiger charge is -2.19. The quantitative estimate of drug-likeness (QED) is 0.486. The summed E-state index contributed by atoms with van der Waals surface area (Å²) < 4.78 is 2.01. The molecule has 0 amide bonds. The summed E-state index contributed by atoms with van der Waals surface area (Å²) in [7, 11) is 2.07. The van der Waals surface area contributed by atoms with E-state index in [1.54, 1.807) is 0 Å². The van der Waals surface area contributed by atoms with Crippen molar-refractivity contribution in [2.75, 3.05) is 11.9 Å². The number of aryl methyl sites for hydroxylation is 2. The molecular formula is C24H24N4. The Hall–Kier alpha value is -3.40. The van der Waals surface area contributed by atoms with E-state index in [0.717, 1.165) is 35.0 Å². The minimum atomic E-state index is 0.813. The number of aromatic nitrogens is 3. The molecule has 28 heavy (non-hydrogen) atoms. The van der Waals surface area contributed by atoms with Crippen LogP contribution >= 0.6 is 0 Å². The van der Waals surface area contributed by atoms with Crippen LogP contribution in [0.1, 0.15) is 16.8 Å². The average Bonchev–Trinajstić information content (AvgIpc) is 3.11. The number of anilines is 1. The molecule has 4 heteroatoms. The molecule has 0 N–H and O–H groups in total. The van der Waals surface area contributed by atoms with Crippen LogP contribution in [0.4, 0.5) is 5.82 Å². The summed E-state index contributed by atoms with van der Waals surface area (Å²) >= 11 is 0. The molecule has 0 fully saturated rings. The van der Waals surface area contributed by atoms with Crippen LogP contribution < -0.4 is 4.90 Å². The van der Waals surface area contributed by atoms with Gasteiger partial charge in [-0.2, -0.15) is 5.10 Å². The van der Waals surface area contributed by atoms with Gasteiger partial charge < -0.3 is 4.90 Å². The smallest absolute Gasteiger partial charge is 0.129 e. The van der Waals surface area contributed by atoms with E-state index in [-0.39, 0.29) is 0 Å². The van der Waals surface area contributed by atoms with E-state index in [2.05, 4.69) is 84.5 Å². The van der Waals surface area contributed by atoms with Crippen LogP contribution in [0.15, 0.2) is 79.0 Å². The van der Waals surface area contributed by atoms with Crippen LogP contribution in [-0.4, -0.2) is 21.8 Å². The minimum Gasteiger partial charge on any atom is -0.355 e. The highest BCUT2D eigenvalue weighted by Crippen LogP contribution is 2.27. The van der Waals surface area contributed by atoms with Crippen molar-refractivity contribution in [1.29, 1.82) is 0 Å². The van der Waals surface area contributed by atoms with Gasteiger partial charge in [-0.3, -0.25) is 0 Å². The second-order valence-corrected chi connectivity index (χ2v) is 7.17. The van der Waals surface area contributed by atoms with E-state index in [0.29, 0.717) is 0 Å². The molecule has 0 unspecified atom stereocenters. The van der Waals surface area contributed by atoms with Crippen LogP contribution in [-0.2, 0) is 6.54 Å². The Morgan fingerprint density at radius 3 is 2.50 bits per heavy atom. The third-order valence-corrected chi connectivity index (χ3v) is 4.77. The van der Waals surface area contributed by atoms with Gasteiger partial charge in [0, 0.05) is 25.4 Å². The fraction of sp³-hybridized carbons (Fsp3) is 0.167. The summed E-state index contributed by atoms with van der Waals surface area (Å²) in [4.78, 5) is 6.75. The topological polar surface area (TPSA) is 34.0 Å². The van der Waals surface area contributed by atoms with Crippen molar-refractivity contribution in [3.8, 4) is 16.9 Å². The van der Waals surface area contributed by atoms with Crippen LogP contribution in [0, 0.1) is 13.8 Å². The highest BCUT2D eigenvalue weighted by molar-refractivity contribution is 5.66. The molecule has 0 bridgehead atoms. The second kappa shape index (κ2) is 7.69. The van der Waals surface area contributed by atoms with E-state index < -0.39 is 0 Å². The largest absolute Gasteiger partial charge is 0.355 e. The van der Waals surface area contributed by atoms with Gasteiger partial charge in [-0.15, -0.1) is 0 Å². The summed E-state index contributed by atoms with van der Waals surface area (Å²) in [6.07, 6.45) is 1.87. The molecule has 0 radical (unpaired) electrons. The Bertz CT molecular complexity index is 1080. The van der Waals surface area contributed by atoms with Crippen molar-refractivity contribution in [3.63, 3.8) is 0 Å². The lowest BCUT2D eigenvalue weighted by atomic mass is 10.1. The molecule has 4 nitrogen and oxygen atoms in total. The van der Waals surface area contributed by atoms with Crippen LogP contribution in [0.5, 0.6) is 0 Å². The van der Waals surface area contributed by atoms with Crippen LogP contribution in [0.3, 0.4) is 0 Å². The van der Waals surface area contributed by atoms with Gasteiger partial charge in [-0.05, 0) is 55.3 Å². The highest BCUT2D eigenvalue weighted by Gasteiger charge is 2.12. The maximum absolute atomic E-state index is 4.72. The molecule has 2 aromatic heterocycles. The van der Waals surface area contributed by atoms with E-state index in [4.69, 9.17) is 5.10 Å². The Morgan fingerprint density at radius 1 is 0.893 bits per heavy atom. The SMILES string of the molecule is Cc1cccc(-n2nc(C)cc2-c2ccnc(N(C)Cc3ccccc3)c2)c1. The molecule has 2 aromatic carbocycles. The van der Waals surface area contributed by atoms with Gasteiger partial charge in [0.15, 0.2) is 0 Å². The number of rotatable bonds is 5. The lowest BCUT2D eigenvalue weighted by molar-refractivity contribution is 0.866. The molecule has 2 heterocycles. The summed E-state index contributed by atoms with van der Waals surface area (Å²) in [5, 5.41) is 4.72. The van der Waals surface area contributed by atoms with Crippen molar-refractivity contribution < 1.29 is 0 Å². The van der Waals surface area contributed by atoms with Crippen molar-refractivity contribution in [2.45, 2.75) is 20.4 Å². The number of benzene rings is 2. The maximum Gasteiger partial charge on any atom is 0.129 e. The van der Waals surface area contributed by atoms with E-state index in [1.165, 1.54) is 11.1 Å². The first-order valence-corrected chi connectivity index (χ1v) is 9.45. The van der Waals surface area contributed by atoms with Crippen LogP contribution in [0.25, 0.3) is 16.9 Å². The number of nitrogens with zero attached hydrogens (tertiary/aromatic N) is 4. The molecule has 4 aromatic rings. The van der Waals surface area contributed by atoms with Gasteiger partial charge in [-0.1, -0.05) is 42.5 Å². The average molecular weight is 368 g/mol. The molecule has 140 valence electrons.